The second kappa shape index (κ2) is 4.69. The van der Waals surface area contributed by atoms with Gasteiger partial charge in [-0.1, -0.05) is 13.3 Å². The van der Waals surface area contributed by atoms with Gasteiger partial charge in [0, 0.05) is 6.61 Å². The average Bonchev–Trinajstić information content (AvgIpc) is 1.85. The van der Waals surface area contributed by atoms with Gasteiger partial charge in [-0.15, -0.1) is 0 Å². The quantitative estimate of drug-likeness (QED) is 0.645. The first-order chi connectivity index (χ1) is 5.02. The monoisotopic (exact) mass is 182 g/mol. The van der Waals surface area contributed by atoms with Gasteiger partial charge in [-0.2, -0.15) is 8.42 Å². The molecule has 1 atom stereocenters. The lowest BCUT2D eigenvalue weighted by molar-refractivity contribution is 0.104. The van der Waals surface area contributed by atoms with Gasteiger partial charge in [-0.25, -0.2) is 0 Å². The van der Waals surface area contributed by atoms with E-state index in [0.29, 0.717) is 19.4 Å². The lowest BCUT2D eigenvalue weighted by Gasteiger charge is -2.11. The van der Waals surface area contributed by atoms with Crippen molar-refractivity contribution >= 4 is 10.1 Å². The Balaban J connectivity index is 4.11. The molecule has 0 aromatic carbocycles. The largest absolute Gasteiger partial charge is 0.360 e. The van der Waals surface area contributed by atoms with Gasteiger partial charge < -0.3 is 4.74 Å². The molecule has 5 heteroatoms. The zero-order chi connectivity index (χ0) is 8.91. The van der Waals surface area contributed by atoms with Gasteiger partial charge in [0.2, 0.25) is 0 Å². The zero-order valence-electron chi connectivity index (χ0n) is 6.78. The summed E-state index contributed by atoms with van der Waals surface area (Å²) in [5.41, 5.74) is -1.04. The Hall–Kier alpha value is -0.130. The van der Waals surface area contributed by atoms with Gasteiger partial charge in [-0.05, 0) is 13.3 Å². The summed E-state index contributed by atoms with van der Waals surface area (Å²) in [5.74, 6) is 0. The fraction of sp³-hybridized carbons (Fsp3) is 1.00. The molecule has 0 amide bonds. The summed E-state index contributed by atoms with van der Waals surface area (Å²) in [7, 11) is -4.01. The van der Waals surface area contributed by atoms with Crippen LogP contribution in [0.25, 0.3) is 0 Å². The molecule has 0 saturated heterocycles. The molecule has 1 N–H and O–H groups in total. The summed E-state index contributed by atoms with van der Waals surface area (Å²) < 4.78 is 34.5. The maximum atomic E-state index is 10.5. The van der Waals surface area contributed by atoms with E-state index in [1.807, 2.05) is 6.92 Å². The van der Waals surface area contributed by atoms with Gasteiger partial charge >= 0.3 is 0 Å². The van der Waals surface area contributed by atoms with Crippen molar-refractivity contribution in [1.29, 1.82) is 0 Å². The van der Waals surface area contributed by atoms with E-state index in [2.05, 4.69) is 0 Å². The normalized spacial score (nSPS) is 14.8. The highest BCUT2D eigenvalue weighted by atomic mass is 32.2. The Morgan fingerprint density at radius 2 is 2.00 bits per heavy atom. The molecule has 0 aliphatic carbocycles. The lowest BCUT2D eigenvalue weighted by atomic mass is 10.4. The van der Waals surface area contributed by atoms with Gasteiger partial charge in [0.1, 0.15) is 0 Å². The van der Waals surface area contributed by atoms with E-state index >= 15 is 0 Å². The van der Waals surface area contributed by atoms with Crippen molar-refractivity contribution in [3.8, 4) is 0 Å². The van der Waals surface area contributed by atoms with Crippen molar-refractivity contribution in [2.75, 3.05) is 6.61 Å². The van der Waals surface area contributed by atoms with E-state index in [1.165, 1.54) is 0 Å². The smallest absolute Gasteiger partial charge is 0.292 e. The van der Waals surface area contributed by atoms with E-state index in [0.717, 1.165) is 0 Å². The lowest BCUT2D eigenvalue weighted by Crippen LogP contribution is -2.23. The van der Waals surface area contributed by atoms with Gasteiger partial charge in [-0.3, -0.25) is 4.55 Å². The number of rotatable bonds is 5. The highest BCUT2D eigenvalue weighted by molar-refractivity contribution is 7.86. The molecule has 0 fully saturated rings. The van der Waals surface area contributed by atoms with Crippen molar-refractivity contribution < 1.29 is 17.7 Å². The average molecular weight is 182 g/mol. The minimum absolute atomic E-state index is 0.296. The van der Waals surface area contributed by atoms with Crippen LogP contribution in [-0.4, -0.2) is 25.0 Å². The zero-order valence-corrected chi connectivity index (χ0v) is 7.60. The molecule has 11 heavy (non-hydrogen) atoms. The van der Waals surface area contributed by atoms with Crippen molar-refractivity contribution in [3.05, 3.63) is 0 Å². The molecule has 0 rings (SSSR count). The van der Waals surface area contributed by atoms with E-state index in [1.54, 1.807) is 6.92 Å². The number of hydrogen-bond acceptors (Lipinski definition) is 3. The van der Waals surface area contributed by atoms with E-state index in [4.69, 9.17) is 9.29 Å². The minimum atomic E-state index is -4.01. The van der Waals surface area contributed by atoms with E-state index in [9.17, 15) is 8.42 Å². The Morgan fingerprint density at radius 3 is 2.27 bits per heavy atom. The molecule has 0 saturated carbocycles. The first-order valence-electron chi connectivity index (χ1n) is 3.60. The third kappa shape index (κ3) is 4.34. The van der Waals surface area contributed by atoms with E-state index < -0.39 is 15.6 Å². The molecule has 1 unspecified atom stereocenters. The van der Waals surface area contributed by atoms with Crippen LogP contribution >= 0.6 is 0 Å². The Bertz CT molecular complexity index is 179. The first kappa shape index (κ1) is 10.9. The summed E-state index contributed by atoms with van der Waals surface area (Å²) in [5, 5.41) is 0. The standard InChI is InChI=1S/C6H14O4S/c1-3-5-6(10-4-2)11(7,8)9/h6H,3-5H2,1-2H3,(H,7,8,9). The van der Waals surface area contributed by atoms with Crippen LogP contribution in [0, 0.1) is 0 Å². The molecule has 0 radical (unpaired) electrons. The van der Waals surface area contributed by atoms with Crippen LogP contribution in [0.1, 0.15) is 26.7 Å². The maximum absolute atomic E-state index is 10.5. The topological polar surface area (TPSA) is 63.6 Å². The molecule has 0 heterocycles. The molecule has 0 aliphatic rings. The molecular weight excluding hydrogens is 168 g/mol. The molecule has 0 spiro atoms. The van der Waals surface area contributed by atoms with Crippen LogP contribution < -0.4 is 0 Å². The highest BCUT2D eigenvalue weighted by Gasteiger charge is 2.21. The molecule has 0 aromatic heterocycles. The molecular formula is C6H14O4S. The van der Waals surface area contributed by atoms with Crippen LogP contribution in [0.2, 0.25) is 0 Å². The van der Waals surface area contributed by atoms with Crippen LogP contribution in [0.5, 0.6) is 0 Å². The predicted octanol–water partition coefficient (Wildman–Crippen LogP) is 1.04. The minimum Gasteiger partial charge on any atom is -0.360 e. The second-order valence-corrected chi connectivity index (χ2v) is 3.74. The predicted molar refractivity (Wildman–Crippen MR) is 41.9 cm³/mol. The van der Waals surface area contributed by atoms with Crippen LogP contribution in [0.3, 0.4) is 0 Å². The van der Waals surface area contributed by atoms with Crippen molar-refractivity contribution in [1.82, 2.24) is 0 Å². The van der Waals surface area contributed by atoms with Gasteiger partial charge in [0.05, 0.1) is 0 Å². The fourth-order valence-corrected chi connectivity index (χ4v) is 1.58. The molecule has 0 aromatic rings. The van der Waals surface area contributed by atoms with Crippen molar-refractivity contribution in [3.63, 3.8) is 0 Å². The summed E-state index contributed by atoms with van der Waals surface area (Å²) in [6, 6.07) is 0. The molecule has 68 valence electrons. The van der Waals surface area contributed by atoms with Crippen LogP contribution in [0.4, 0.5) is 0 Å². The highest BCUT2D eigenvalue weighted by Crippen LogP contribution is 2.07. The molecule has 0 bridgehead atoms. The van der Waals surface area contributed by atoms with Crippen molar-refractivity contribution in [2.24, 2.45) is 0 Å². The third-order valence-electron chi connectivity index (χ3n) is 1.21. The molecule has 4 nitrogen and oxygen atoms in total. The summed E-state index contributed by atoms with van der Waals surface area (Å²) in [4.78, 5) is 0. The summed E-state index contributed by atoms with van der Waals surface area (Å²) >= 11 is 0. The van der Waals surface area contributed by atoms with Crippen LogP contribution in [0.15, 0.2) is 0 Å². The second-order valence-electron chi connectivity index (χ2n) is 2.19. The summed E-state index contributed by atoms with van der Waals surface area (Å²) in [6.45, 7) is 3.81. The Kier molecular flexibility index (Phi) is 4.63. The maximum Gasteiger partial charge on any atom is 0.292 e. The Morgan fingerprint density at radius 1 is 1.45 bits per heavy atom. The van der Waals surface area contributed by atoms with Gasteiger partial charge in [0.15, 0.2) is 5.44 Å². The summed E-state index contributed by atoms with van der Waals surface area (Å²) in [6.07, 6.45) is 1.01. The number of ether oxygens (including phenoxy) is 1. The SMILES string of the molecule is CCCC(OCC)S(=O)(=O)O. The fourth-order valence-electron chi connectivity index (χ4n) is 0.740. The molecule has 0 aliphatic heterocycles. The van der Waals surface area contributed by atoms with Gasteiger partial charge in [0.25, 0.3) is 10.1 Å². The van der Waals surface area contributed by atoms with Crippen molar-refractivity contribution in [2.45, 2.75) is 32.1 Å². The third-order valence-corrected chi connectivity index (χ3v) is 2.25. The van der Waals surface area contributed by atoms with Crippen LogP contribution in [-0.2, 0) is 14.9 Å². The first-order valence-corrected chi connectivity index (χ1v) is 5.10. The Labute approximate surface area is 67.3 Å². The number of hydrogen-bond donors (Lipinski definition) is 1. The van der Waals surface area contributed by atoms with E-state index in [-0.39, 0.29) is 0 Å².